The molecule has 3 heteroatoms. The molecule has 0 amide bonds. The number of hydrogen-bond acceptors (Lipinski definition) is 2. The fourth-order valence-electron chi connectivity index (χ4n) is 2.77. The van der Waals surface area contributed by atoms with E-state index in [1.54, 1.807) is 0 Å². The quantitative estimate of drug-likeness (QED) is 0.660. The first kappa shape index (κ1) is 14.8. The van der Waals surface area contributed by atoms with Crippen LogP contribution in [0.1, 0.15) is 5.56 Å². The van der Waals surface area contributed by atoms with Crippen molar-refractivity contribution in [1.29, 1.82) is 0 Å². The van der Waals surface area contributed by atoms with Gasteiger partial charge in [0, 0.05) is 10.8 Å². The molecular weight excluding hydrogens is 288 g/mol. The smallest absolute Gasteiger partial charge is 0.192 e. The maximum atomic E-state index is 13.1. The molecule has 1 aromatic heterocycles. The van der Waals surface area contributed by atoms with Gasteiger partial charge in [0.15, 0.2) is 5.43 Å². The molecular formula is C19H20O2Si. The van der Waals surface area contributed by atoms with Crippen LogP contribution in [-0.4, -0.2) is 8.07 Å². The number of benzene rings is 2. The zero-order valence-corrected chi connectivity index (χ0v) is 14.4. The first-order valence-electron chi connectivity index (χ1n) is 7.51. The maximum Gasteiger partial charge on any atom is 0.192 e. The third kappa shape index (κ3) is 2.53. The highest BCUT2D eigenvalue weighted by Crippen LogP contribution is 2.23. The van der Waals surface area contributed by atoms with Gasteiger partial charge >= 0.3 is 0 Å². The molecule has 0 bridgehead atoms. The fraction of sp³-hybridized carbons (Fsp3) is 0.211. The van der Waals surface area contributed by atoms with Crippen LogP contribution >= 0.6 is 0 Å². The van der Waals surface area contributed by atoms with E-state index in [0.29, 0.717) is 11.0 Å². The second kappa shape index (κ2) is 5.25. The molecule has 3 rings (SSSR count). The van der Waals surface area contributed by atoms with Crippen LogP contribution in [0.5, 0.6) is 0 Å². The molecule has 0 saturated carbocycles. The van der Waals surface area contributed by atoms with Crippen molar-refractivity contribution in [3.63, 3.8) is 0 Å². The molecule has 0 saturated heterocycles. The standard InChI is InChI=1S/C19H20O2Si/c1-13-10-11-15-16(12-13)21-18(14-8-6-5-7-9-14)19(17(15)20)22(2,3)4/h5-12H,1-4H3. The maximum absolute atomic E-state index is 13.1. The molecule has 0 aliphatic carbocycles. The SMILES string of the molecule is Cc1ccc2c(=O)c([Si](C)(C)C)c(-c3ccccc3)oc2c1. The van der Waals surface area contributed by atoms with Gasteiger partial charge in [-0.25, -0.2) is 0 Å². The second-order valence-corrected chi connectivity index (χ2v) is 11.8. The van der Waals surface area contributed by atoms with Crippen molar-refractivity contribution in [3.8, 4) is 11.3 Å². The van der Waals surface area contributed by atoms with E-state index in [1.807, 2.05) is 55.5 Å². The second-order valence-electron chi connectivity index (χ2n) is 6.75. The minimum Gasteiger partial charge on any atom is -0.456 e. The van der Waals surface area contributed by atoms with E-state index >= 15 is 0 Å². The Morgan fingerprint density at radius 3 is 2.27 bits per heavy atom. The Labute approximate surface area is 131 Å². The van der Waals surface area contributed by atoms with Crippen molar-refractivity contribution < 1.29 is 4.42 Å². The van der Waals surface area contributed by atoms with E-state index in [2.05, 4.69) is 19.6 Å². The zero-order valence-electron chi connectivity index (χ0n) is 13.4. The molecule has 0 radical (unpaired) electrons. The minimum atomic E-state index is -1.84. The molecule has 112 valence electrons. The average molecular weight is 308 g/mol. The van der Waals surface area contributed by atoms with Crippen LogP contribution < -0.4 is 10.6 Å². The molecule has 2 aromatic carbocycles. The molecule has 0 aliphatic rings. The summed E-state index contributed by atoms with van der Waals surface area (Å²) in [6, 6.07) is 15.7. The van der Waals surface area contributed by atoms with Crippen molar-refractivity contribution in [2.75, 3.05) is 0 Å². The van der Waals surface area contributed by atoms with Gasteiger partial charge in [-0.3, -0.25) is 4.79 Å². The first-order chi connectivity index (χ1) is 10.4. The molecule has 0 unspecified atom stereocenters. The van der Waals surface area contributed by atoms with Crippen LogP contribution in [0.15, 0.2) is 57.7 Å². The topological polar surface area (TPSA) is 30.2 Å². The predicted octanol–water partition coefficient (Wildman–Crippen LogP) is 4.31. The van der Waals surface area contributed by atoms with Crippen molar-refractivity contribution in [2.24, 2.45) is 0 Å². The summed E-state index contributed by atoms with van der Waals surface area (Å²) in [4.78, 5) is 13.1. The summed E-state index contributed by atoms with van der Waals surface area (Å²) in [6.07, 6.45) is 0. The van der Waals surface area contributed by atoms with Gasteiger partial charge in [0.25, 0.3) is 0 Å². The Hall–Kier alpha value is -2.13. The Bertz CT molecular complexity index is 887. The van der Waals surface area contributed by atoms with E-state index < -0.39 is 8.07 Å². The lowest BCUT2D eigenvalue weighted by molar-refractivity contribution is 0.622. The van der Waals surface area contributed by atoms with Gasteiger partial charge in [-0.2, -0.15) is 0 Å². The Balaban J connectivity index is 2.46. The molecule has 0 spiro atoms. The Morgan fingerprint density at radius 2 is 1.64 bits per heavy atom. The van der Waals surface area contributed by atoms with Gasteiger partial charge in [-0.15, -0.1) is 0 Å². The number of fused-ring (bicyclic) bond motifs is 1. The molecule has 0 aliphatic heterocycles. The molecule has 1 heterocycles. The lowest BCUT2D eigenvalue weighted by Gasteiger charge is -2.20. The van der Waals surface area contributed by atoms with Gasteiger partial charge in [-0.05, 0) is 24.6 Å². The summed E-state index contributed by atoms with van der Waals surface area (Å²) in [7, 11) is -1.84. The summed E-state index contributed by atoms with van der Waals surface area (Å²) < 4.78 is 6.20. The molecule has 22 heavy (non-hydrogen) atoms. The average Bonchev–Trinajstić information content (AvgIpc) is 2.46. The van der Waals surface area contributed by atoms with E-state index in [-0.39, 0.29) is 5.43 Å². The van der Waals surface area contributed by atoms with Gasteiger partial charge < -0.3 is 4.42 Å². The van der Waals surface area contributed by atoms with E-state index in [0.717, 1.165) is 22.1 Å². The van der Waals surface area contributed by atoms with E-state index in [9.17, 15) is 4.79 Å². The number of aryl methyl sites for hydroxylation is 1. The minimum absolute atomic E-state index is 0.124. The summed E-state index contributed by atoms with van der Waals surface area (Å²) in [5.41, 5.74) is 2.86. The molecule has 0 atom stereocenters. The van der Waals surface area contributed by atoms with Crippen LogP contribution in [0.2, 0.25) is 19.6 Å². The number of rotatable bonds is 2. The lowest BCUT2D eigenvalue weighted by Crippen LogP contribution is -2.48. The number of hydrogen-bond donors (Lipinski definition) is 0. The summed E-state index contributed by atoms with van der Waals surface area (Å²) in [6.45, 7) is 8.57. The van der Waals surface area contributed by atoms with Crippen LogP contribution in [0.3, 0.4) is 0 Å². The van der Waals surface area contributed by atoms with Crippen molar-refractivity contribution in [3.05, 3.63) is 64.3 Å². The summed E-state index contributed by atoms with van der Waals surface area (Å²) in [5, 5.41) is 1.55. The van der Waals surface area contributed by atoms with Gasteiger partial charge in [0.05, 0.1) is 13.5 Å². The van der Waals surface area contributed by atoms with Crippen LogP contribution in [0, 0.1) is 6.92 Å². The summed E-state index contributed by atoms with van der Waals surface area (Å²) >= 11 is 0. The van der Waals surface area contributed by atoms with Crippen molar-refractivity contribution in [2.45, 2.75) is 26.6 Å². The van der Waals surface area contributed by atoms with Crippen LogP contribution in [-0.2, 0) is 0 Å². The largest absolute Gasteiger partial charge is 0.456 e. The first-order valence-corrected chi connectivity index (χ1v) is 11.0. The molecule has 2 nitrogen and oxygen atoms in total. The monoisotopic (exact) mass is 308 g/mol. The van der Waals surface area contributed by atoms with Gasteiger partial charge in [0.2, 0.25) is 0 Å². The van der Waals surface area contributed by atoms with Crippen molar-refractivity contribution in [1.82, 2.24) is 0 Å². The Kier molecular flexibility index (Phi) is 3.53. The molecule has 3 aromatic rings. The highest BCUT2D eigenvalue weighted by atomic mass is 28.3. The highest BCUT2D eigenvalue weighted by molar-refractivity contribution is 6.89. The van der Waals surface area contributed by atoms with Gasteiger partial charge in [0.1, 0.15) is 11.3 Å². The predicted molar refractivity (Wildman–Crippen MR) is 95.6 cm³/mol. The Morgan fingerprint density at radius 1 is 0.955 bits per heavy atom. The van der Waals surface area contributed by atoms with Crippen LogP contribution in [0.25, 0.3) is 22.3 Å². The molecule has 0 fully saturated rings. The fourth-order valence-corrected chi connectivity index (χ4v) is 4.47. The third-order valence-corrected chi connectivity index (χ3v) is 5.79. The zero-order chi connectivity index (χ0) is 15.9. The van der Waals surface area contributed by atoms with E-state index in [1.165, 1.54) is 0 Å². The normalized spacial score (nSPS) is 11.8. The highest BCUT2D eigenvalue weighted by Gasteiger charge is 2.27. The lowest BCUT2D eigenvalue weighted by atomic mass is 10.1. The van der Waals surface area contributed by atoms with E-state index in [4.69, 9.17) is 4.42 Å². The van der Waals surface area contributed by atoms with Crippen LogP contribution in [0.4, 0.5) is 0 Å². The van der Waals surface area contributed by atoms with Gasteiger partial charge in [-0.1, -0.05) is 56.0 Å². The third-order valence-electron chi connectivity index (χ3n) is 3.83. The summed E-state index contributed by atoms with van der Waals surface area (Å²) in [5.74, 6) is 0.739. The van der Waals surface area contributed by atoms with Crippen molar-refractivity contribution >= 4 is 24.2 Å². The molecule has 0 N–H and O–H groups in total.